The van der Waals surface area contributed by atoms with E-state index in [4.69, 9.17) is 0 Å². The highest BCUT2D eigenvalue weighted by molar-refractivity contribution is 6.06. The molecule has 0 aromatic heterocycles. The maximum absolute atomic E-state index is 13.8. The summed E-state index contributed by atoms with van der Waals surface area (Å²) < 4.78 is 0. The molecule has 1 heterocycles. The number of carbonyl (C=O) groups is 2. The van der Waals surface area contributed by atoms with Crippen LogP contribution in [0.2, 0.25) is 0 Å². The van der Waals surface area contributed by atoms with Crippen LogP contribution in [0.4, 0.5) is 11.4 Å². The molecular weight excluding hydrogens is 408 g/mol. The van der Waals surface area contributed by atoms with Crippen LogP contribution in [0, 0.1) is 5.92 Å². The fourth-order valence-electron chi connectivity index (χ4n) is 5.02. The number of nitrogens with zero attached hydrogens (tertiary/aromatic N) is 1. The Kier molecular flexibility index (Phi) is 5.59. The number of hydrogen-bond donors (Lipinski definition) is 1. The molecule has 2 aliphatic rings. The van der Waals surface area contributed by atoms with Crippen molar-refractivity contribution in [1.82, 2.24) is 0 Å². The van der Waals surface area contributed by atoms with Crippen LogP contribution in [-0.2, 0) is 9.59 Å². The van der Waals surface area contributed by atoms with Gasteiger partial charge < -0.3 is 5.32 Å². The smallest absolute Gasteiger partial charge is 0.230 e. The molecule has 3 aromatic rings. The van der Waals surface area contributed by atoms with E-state index in [1.165, 1.54) is 5.56 Å². The molecule has 166 valence electrons. The van der Waals surface area contributed by atoms with Crippen LogP contribution in [0.1, 0.15) is 49.8 Å². The highest BCUT2D eigenvalue weighted by atomic mass is 16.2. The number of allylic oxidation sites excluding steroid dienone is 1. The highest BCUT2D eigenvalue weighted by Gasteiger charge is 2.41. The van der Waals surface area contributed by atoms with E-state index in [9.17, 15) is 9.59 Å². The minimum absolute atomic E-state index is 0.00448. The Labute approximate surface area is 194 Å². The zero-order valence-electron chi connectivity index (χ0n) is 19.0. The summed E-state index contributed by atoms with van der Waals surface area (Å²) in [5.74, 6) is 0.00807. The first-order valence-electron chi connectivity index (χ1n) is 11.6. The topological polar surface area (TPSA) is 49.4 Å². The van der Waals surface area contributed by atoms with Crippen molar-refractivity contribution in [3.63, 3.8) is 0 Å². The molecule has 1 amide bonds. The minimum atomic E-state index is -0.462. The lowest BCUT2D eigenvalue weighted by Crippen LogP contribution is -2.40. The van der Waals surface area contributed by atoms with Gasteiger partial charge in [0, 0.05) is 23.6 Å². The fraction of sp³-hybridized carbons (Fsp3) is 0.241. The summed E-state index contributed by atoms with van der Waals surface area (Å²) in [7, 11) is 0. The first kappa shape index (κ1) is 21.2. The predicted octanol–water partition coefficient (Wildman–Crippen LogP) is 6.24. The Morgan fingerprint density at radius 1 is 0.848 bits per heavy atom. The first-order valence-corrected chi connectivity index (χ1v) is 11.6. The quantitative estimate of drug-likeness (QED) is 0.528. The second-order valence-corrected chi connectivity index (χ2v) is 9.15. The number of amides is 1. The monoisotopic (exact) mass is 436 g/mol. The van der Waals surface area contributed by atoms with Crippen molar-refractivity contribution in [2.24, 2.45) is 5.92 Å². The van der Waals surface area contributed by atoms with E-state index in [2.05, 4.69) is 17.4 Å². The van der Waals surface area contributed by atoms with Crippen LogP contribution in [0.3, 0.4) is 0 Å². The molecule has 4 nitrogen and oxygen atoms in total. The zero-order chi connectivity index (χ0) is 22.9. The zero-order valence-corrected chi connectivity index (χ0v) is 19.0. The molecule has 0 saturated heterocycles. The molecule has 5 rings (SSSR count). The number of carbonyl (C=O) groups excluding carboxylic acids is 2. The van der Waals surface area contributed by atoms with Crippen molar-refractivity contribution < 1.29 is 9.59 Å². The predicted molar refractivity (Wildman–Crippen MR) is 132 cm³/mol. The number of nitrogens with one attached hydrogen (secondary N) is 1. The normalized spacial score (nSPS) is 20.1. The van der Waals surface area contributed by atoms with Gasteiger partial charge in [0.15, 0.2) is 5.78 Å². The Hall–Kier alpha value is -3.66. The molecule has 1 aliphatic carbocycles. The Bertz CT molecular complexity index is 1210. The summed E-state index contributed by atoms with van der Waals surface area (Å²) >= 11 is 0. The van der Waals surface area contributed by atoms with Crippen LogP contribution in [-0.4, -0.2) is 11.7 Å². The van der Waals surface area contributed by atoms with E-state index >= 15 is 0 Å². The number of hydrogen-bond acceptors (Lipinski definition) is 3. The SMILES string of the molecule is CC(C)C(=O)N1c2ccccc2NC2=C(C(=O)CC(c3ccccc3)C2)C1c1ccccc1. The van der Waals surface area contributed by atoms with Crippen molar-refractivity contribution in [3.05, 3.63) is 107 Å². The lowest BCUT2D eigenvalue weighted by Gasteiger charge is -2.36. The number of anilines is 2. The summed E-state index contributed by atoms with van der Waals surface area (Å²) in [5, 5.41) is 3.58. The van der Waals surface area contributed by atoms with Gasteiger partial charge in [0.2, 0.25) is 5.91 Å². The average molecular weight is 437 g/mol. The maximum Gasteiger partial charge on any atom is 0.230 e. The van der Waals surface area contributed by atoms with Gasteiger partial charge in [-0.25, -0.2) is 0 Å². The van der Waals surface area contributed by atoms with Crippen molar-refractivity contribution >= 4 is 23.1 Å². The van der Waals surface area contributed by atoms with Crippen LogP contribution in [0.5, 0.6) is 0 Å². The molecule has 2 unspecified atom stereocenters. The van der Waals surface area contributed by atoms with E-state index in [1.54, 1.807) is 0 Å². The molecule has 0 bridgehead atoms. The van der Waals surface area contributed by atoms with Crippen molar-refractivity contribution in [1.29, 1.82) is 0 Å². The van der Waals surface area contributed by atoms with Gasteiger partial charge in [-0.3, -0.25) is 14.5 Å². The van der Waals surface area contributed by atoms with Crippen LogP contribution < -0.4 is 10.2 Å². The molecule has 3 aromatic carbocycles. The third kappa shape index (κ3) is 3.86. The van der Waals surface area contributed by atoms with Gasteiger partial charge >= 0.3 is 0 Å². The van der Waals surface area contributed by atoms with Gasteiger partial charge in [-0.1, -0.05) is 86.6 Å². The maximum atomic E-state index is 13.8. The summed E-state index contributed by atoms with van der Waals surface area (Å²) in [4.78, 5) is 29.3. The van der Waals surface area contributed by atoms with Crippen molar-refractivity contribution in [2.45, 2.75) is 38.6 Å². The minimum Gasteiger partial charge on any atom is -0.357 e. The van der Waals surface area contributed by atoms with E-state index in [0.29, 0.717) is 12.0 Å². The number of benzene rings is 3. The second-order valence-electron chi connectivity index (χ2n) is 9.15. The Balaban J connectivity index is 1.72. The van der Waals surface area contributed by atoms with E-state index in [-0.39, 0.29) is 23.5 Å². The van der Waals surface area contributed by atoms with Crippen LogP contribution in [0.25, 0.3) is 0 Å². The third-order valence-corrected chi connectivity index (χ3v) is 6.61. The van der Waals surface area contributed by atoms with Gasteiger partial charge in [-0.15, -0.1) is 0 Å². The van der Waals surface area contributed by atoms with Crippen molar-refractivity contribution in [3.8, 4) is 0 Å². The van der Waals surface area contributed by atoms with Gasteiger partial charge in [-0.05, 0) is 35.6 Å². The van der Waals surface area contributed by atoms with E-state index < -0.39 is 6.04 Å². The van der Waals surface area contributed by atoms with Gasteiger partial charge in [0.25, 0.3) is 0 Å². The van der Waals surface area contributed by atoms with Crippen molar-refractivity contribution in [2.75, 3.05) is 10.2 Å². The van der Waals surface area contributed by atoms with Crippen LogP contribution >= 0.6 is 0 Å². The standard InChI is InChI=1S/C29H28N2O2/c1-19(2)29(33)31-25-16-10-9-15-23(25)30-24-17-22(20-11-5-3-6-12-20)18-26(32)27(24)28(31)21-13-7-4-8-14-21/h3-16,19,22,28,30H,17-18H2,1-2H3. The van der Waals surface area contributed by atoms with Gasteiger partial charge in [0.05, 0.1) is 17.4 Å². The molecule has 0 spiro atoms. The fourth-order valence-corrected chi connectivity index (χ4v) is 5.02. The lowest BCUT2D eigenvalue weighted by molar-refractivity contribution is -0.121. The van der Waals surface area contributed by atoms with Gasteiger partial charge in [-0.2, -0.15) is 0 Å². The first-order chi connectivity index (χ1) is 16.0. The lowest BCUT2D eigenvalue weighted by atomic mass is 9.78. The number of para-hydroxylation sites is 2. The van der Waals surface area contributed by atoms with Gasteiger partial charge in [0.1, 0.15) is 0 Å². The molecule has 0 radical (unpaired) electrons. The third-order valence-electron chi connectivity index (χ3n) is 6.61. The molecule has 33 heavy (non-hydrogen) atoms. The number of ketones is 1. The Morgan fingerprint density at radius 2 is 1.45 bits per heavy atom. The average Bonchev–Trinajstić information content (AvgIpc) is 2.99. The highest BCUT2D eigenvalue weighted by Crippen LogP contribution is 2.47. The number of rotatable bonds is 3. The summed E-state index contributed by atoms with van der Waals surface area (Å²) in [6.07, 6.45) is 1.17. The molecule has 0 fully saturated rings. The summed E-state index contributed by atoms with van der Waals surface area (Å²) in [6.45, 7) is 3.82. The molecule has 1 N–H and O–H groups in total. The molecule has 1 aliphatic heterocycles. The molecule has 0 saturated carbocycles. The Morgan fingerprint density at radius 3 is 2.12 bits per heavy atom. The number of fused-ring (bicyclic) bond motifs is 1. The number of Topliss-reactive ketones (excluding diaryl/α,β-unsaturated/α-hetero) is 1. The second kappa shape index (κ2) is 8.70. The molecule has 2 atom stereocenters. The van der Waals surface area contributed by atoms with Crippen LogP contribution in [0.15, 0.2) is 96.2 Å². The van der Waals surface area contributed by atoms with E-state index in [1.807, 2.05) is 91.5 Å². The largest absolute Gasteiger partial charge is 0.357 e. The summed E-state index contributed by atoms with van der Waals surface area (Å²) in [6, 6.07) is 27.6. The molecular formula is C29H28N2O2. The molecule has 4 heteroatoms. The summed E-state index contributed by atoms with van der Waals surface area (Å²) in [5.41, 5.74) is 5.41. The van der Waals surface area contributed by atoms with E-state index in [0.717, 1.165) is 29.1 Å².